The Bertz CT molecular complexity index is 1120. The third kappa shape index (κ3) is 4.29. The Morgan fingerprint density at radius 3 is 2.26 bits per heavy atom. The largest absolute Gasteiger partial charge is 0.495 e. The number of likely N-dealkylation sites (tertiary alicyclic amines) is 1. The predicted octanol–water partition coefficient (Wildman–Crippen LogP) is 2.82. The molecule has 2 aliphatic carbocycles. The van der Waals surface area contributed by atoms with Gasteiger partial charge in [0.2, 0.25) is 11.8 Å². The standard InChI is InChI=1S/C27H28N2O6/c1-34-21-10-6-5-9-19(21)28-22(30)15-35-27(33)20(13-16-7-3-2-4-8-16)29-25(31)23-17-11-12-18(14-17)24(23)26(29)32/h2-10,17-18,20,23-24H,11-15H2,1H3,(H,28,30)/t17-,18-,20-,23-,24-/m0/s1. The van der Waals surface area contributed by atoms with Crippen LogP contribution in [0.1, 0.15) is 24.8 Å². The molecule has 3 fully saturated rings. The lowest BCUT2D eigenvalue weighted by Gasteiger charge is -2.26. The van der Waals surface area contributed by atoms with Crippen LogP contribution in [0, 0.1) is 23.7 Å². The Labute approximate surface area is 203 Å². The summed E-state index contributed by atoms with van der Waals surface area (Å²) >= 11 is 0. The molecule has 3 aliphatic rings. The molecule has 182 valence electrons. The average Bonchev–Trinajstić information content (AvgIpc) is 3.56. The van der Waals surface area contributed by atoms with Crippen molar-refractivity contribution in [3.8, 4) is 5.75 Å². The number of hydrogen-bond donors (Lipinski definition) is 1. The van der Waals surface area contributed by atoms with E-state index in [4.69, 9.17) is 9.47 Å². The monoisotopic (exact) mass is 476 g/mol. The molecular formula is C27H28N2O6. The van der Waals surface area contributed by atoms with Gasteiger partial charge in [-0.05, 0) is 48.8 Å². The van der Waals surface area contributed by atoms with E-state index in [0.717, 1.165) is 29.7 Å². The van der Waals surface area contributed by atoms with Gasteiger partial charge < -0.3 is 14.8 Å². The fourth-order valence-electron chi connectivity index (χ4n) is 6.02. The minimum absolute atomic E-state index is 0.139. The normalized spacial score (nSPS) is 25.3. The van der Waals surface area contributed by atoms with Gasteiger partial charge in [-0.1, -0.05) is 42.5 Å². The number of anilines is 1. The molecule has 2 bridgehead atoms. The number of ether oxygens (including phenoxy) is 2. The second-order valence-electron chi connectivity index (χ2n) is 9.49. The lowest BCUT2D eigenvalue weighted by Crippen LogP contribution is -2.48. The Balaban J connectivity index is 1.32. The number of carbonyl (C=O) groups is 4. The van der Waals surface area contributed by atoms with Crippen molar-refractivity contribution >= 4 is 29.4 Å². The first-order chi connectivity index (χ1) is 17.0. The van der Waals surface area contributed by atoms with Gasteiger partial charge >= 0.3 is 5.97 Å². The highest BCUT2D eigenvalue weighted by Gasteiger charge is 2.62. The average molecular weight is 477 g/mol. The van der Waals surface area contributed by atoms with Crippen molar-refractivity contribution in [2.24, 2.45) is 23.7 Å². The highest BCUT2D eigenvalue weighted by molar-refractivity contribution is 6.08. The van der Waals surface area contributed by atoms with Crippen LogP contribution >= 0.6 is 0 Å². The SMILES string of the molecule is COc1ccccc1NC(=O)COC(=O)[C@H](Cc1ccccc1)N1C(=O)[C@H]2[C@H]3CC[C@@H](C3)[C@@H]2C1=O. The fraction of sp³-hybridized carbons (Fsp3) is 0.407. The third-order valence-electron chi connectivity index (χ3n) is 7.54. The number of nitrogens with zero attached hydrogens (tertiary/aromatic N) is 1. The van der Waals surface area contributed by atoms with Gasteiger partial charge in [-0.3, -0.25) is 19.3 Å². The number of fused-ring (bicyclic) bond motifs is 5. The maximum atomic E-state index is 13.4. The van der Waals surface area contributed by atoms with Gasteiger partial charge in [-0.2, -0.15) is 0 Å². The van der Waals surface area contributed by atoms with Crippen molar-refractivity contribution in [1.82, 2.24) is 4.90 Å². The van der Waals surface area contributed by atoms with Crippen LogP contribution in [0.15, 0.2) is 54.6 Å². The molecule has 5 rings (SSSR count). The number of benzene rings is 2. The summed E-state index contributed by atoms with van der Waals surface area (Å²) in [7, 11) is 1.49. The number of carbonyl (C=O) groups excluding carboxylic acids is 4. The second kappa shape index (κ2) is 9.52. The number of nitrogens with one attached hydrogen (secondary N) is 1. The van der Waals surface area contributed by atoms with Crippen LogP contribution in [0.3, 0.4) is 0 Å². The topological polar surface area (TPSA) is 102 Å². The Hall–Kier alpha value is -3.68. The van der Waals surface area contributed by atoms with Crippen LogP contribution in [0.4, 0.5) is 5.69 Å². The van der Waals surface area contributed by atoms with Crippen LogP contribution < -0.4 is 10.1 Å². The molecule has 1 heterocycles. The van der Waals surface area contributed by atoms with E-state index in [1.165, 1.54) is 7.11 Å². The molecule has 2 aromatic carbocycles. The zero-order valence-electron chi connectivity index (χ0n) is 19.5. The molecule has 1 saturated heterocycles. The van der Waals surface area contributed by atoms with E-state index in [0.29, 0.717) is 11.4 Å². The second-order valence-corrected chi connectivity index (χ2v) is 9.49. The number of rotatable bonds is 8. The maximum absolute atomic E-state index is 13.4. The number of amides is 3. The summed E-state index contributed by atoms with van der Waals surface area (Å²) in [5.74, 6) is -1.62. The quantitative estimate of drug-likeness (QED) is 0.464. The zero-order valence-corrected chi connectivity index (χ0v) is 19.5. The number of para-hydroxylation sites is 2. The summed E-state index contributed by atoms with van der Waals surface area (Å²) in [5, 5.41) is 2.66. The molecule has 0 aromatic heterocycles. The first-order valence-electron chi connectivity index (χ1n) is 12.0. The van der Waals surface area contributed by atoms with E-state index in [1.54, 1.807) is 24.3 Å². The number of imide groups is 1. The molecule has 5 atom stereocenters. The number of esters is 1. The predicted molar refractivity (Wildman–Crippen MR) is 126 cm³/mol. The number of hydrogen-bond acceptors (Lipinski definition) is 6. The summed E-state index contributed by atoms with van der Waals surface area (Å²) in [6.07, 6.45) is 2.96. The summed E-state index contributed by atoms with van der Waals surface area (Å²) in [5.41, 5.74) is 1.25. The van der Waals surface area contributed by atoms with Gasteiger partial charge in [0, 0.05) is 6.42 Å². The molecule has 2 aromatic rings. The van der Waals surface area contributed by atoms with Crippen molar-refractivity contribution in [2.45, 2.75) is 31.7 Å². The van der Waals surface area contributed by atoms with Crippen LogP contribution in [-0.2, 0) is 30.3 Å². The van der Waals surface area contributed by atoms with Crippen molar-refractivity contribution in [3.63, 3.8) is 0 Å². The van der Waals surface area contributed by atoms with Gasteiger partial charge in [0.05, 0.1) is 24.6 Å². The van der Waals surface area contributed by atoms with Gasteiger partial charge in [-0.25, -0.2) is 4.79 Å². The minimum Gasteiger partial charge on any atom is -0.495 e. The van der Waals surface area contributed by atoms with E-state index < -0.39 is 24.5 Å². The lowest BCUT2D eigenvalue weighted by atomic mass is 9.81. The minimum atomic E-state index is -1.11. The zero-order chi connectivity index (χ0) is 24.5. The Morgan fingerprint density at radius 2 is 1.60 bits per heavy atom. The first kappa shape index (κ1) is 23.1. The molecule has 1 N–H and O–H groups in total. The van der Waals surface area contributed by atoms with Gasteiger partial charge in [0.1, 0.15) is 11.8 Å². The lowest BCUT2D eigenvalue weighted by molar-refractivity contribution is -0.160. The van der Waals surface area contributed by atoms with Crippen molar-refractivity contribution < 1.29 is 28.7 Å². The van der Waals surface area contributed by atoms with Crippen LogP contribution in [-0.4, -0.2) is 48.3 Å². The summed E-state index contributed by atoms with van der Waals surface area (Å²) < 4.78 is 10.6. The van der Waals surface area contributed by atoms with Gasteiger partial charge in [0.15, 0.2) is 6.61 Å². The Kier molecular flexibility index (Phi) is 6.28. The van der Waals surface area contributed by atoms with E-state index in [2.05, 4.69) is 5.32 Å². The van der Waals surface area contributed by atoms with E-state index in [1.807, 2.05) is 30.3 Å². The molecule has 2 saturated carbocycles. The maximum Gasteiger partial charge on any atom is 0.330 e. The highest BCUT2D eigenvalue weighted by Crippen LogP contribution is 2.56. The van der Waals surface area contributed by atoms with Crippen LogP contribution in [0.2, 0.25) is 0 Å². The van der Waals surface area contributed by atoms with E-state index in [-0.39, 0.29) is 41.9 Å². The highest BCUT2D eigenvalue weighted by atomic mass is 16.5. The summed E-state index contributed by atoms with van der Waals surface area (Å²) in [6, 6.07) is 15.0. The van der Waals surface area contributed by atoms with Crippen molar-refractivity contribution in [1.29, 1.82) is 0 Å². The molecule has 0 radical (unpaired) electrons. The molecular weight excluding hydrogens is 448 g/mol. The number of methoxy groups -OCH3 is 1. The van der Waals surface area contributed by atoms with Crippen LogP contribution in [0.5, 0.6) is 5.75 Å². The van der Waals surface area contributed by atoms with Gasteiger partial charge in [-0.15, -0.1) is 0 Å². The molecule has 35 heavy (non-hydrogen) atoms. The van der Waals surface area contributed by atoms with Crippen molar-refractivity contribution in [2.75, 3.05) is 19.0 Å². The van der Waals surface area contributed by atoms with Crippen LogP contribution in [0.25, 0.3) is 0 Å². The molecule has 1 aliphatic heterocycles. The van der Waals surface area contributed by atoms with E-state index in [9.17, 15) is 19.2 Å². The Morgan fingerprint density at radius 1 is 0.971 bits per heavy atom. The smallest absolute Gasteiger partial charge is 0.330 e. The van der Waals surface area contributed by atoms with E-state index >= 15 is 0 Å². The molecule has 3 amide bonds. The molecule has 8 heteroatoms. The summed E-state index contributed by atoms with van der Waals surface area (Å²) in [6.45, 7) is -0.545. The molecule has 8 nitrogen and oxygen atoms in total. The first-order valence-corrected chi connectivity index (χ1v) is 12.0. The fourth-order valence-corrected chi connectivity index (χ4v) is 6.02. The van der Waals surface area contributed by atoms with Gasteiger partial charge in [0.25, 0.3) is 5.91 Å². The van der Waals surface area contributed by atoms with Crippen molar-refractivity contribution in [3.05, 3.63) is 60.2 Å². The summed E-state index contributed by atoms with van der Waals surface area (Å²) in [4.78, 5) is 53.6. The third-order valence-corrected chi connectivity index (χ3v) is 7.54. The molecule has 0 unspecified atom stereocenters. The molecule has 0 spiro atoms.